The van der Waals surface area contributed by atoms with Gasteiger partial charge in [-0.1, -0.05) is 11.2 Å². The van der Waals surface area contributed by atoms with Crippen LogP contribution in [0.2, 0.25) is 0 Å². The van der Waals surface area contributed by atoms with Crippen LogP contribution in [-0.2, 0) is 6.54 Å². The molecule has 0 radical (unpaired) electrons. The number of hydrogen-bond acceptors (Lipinski definition) is 8. The largest absolute Gasteiger partial charge is 0.439 e. The Balaban J connectivity index is 1.59. The molecule has 1 aromatic carbocycles. The zero-order valence-electron chi connectivity index (χ0n) is 15.9. The minimum Gasteiger partial charge on any atom is -0.439 e. The van der Waals surface area contributed by atoms with E-state index in [1.165, 1.54) is 10.8 Å². The highest BCUT2D eigenvalue weighted by Gasteiger charge is 2.15. The lowest BCUT2D eigenvalue weighted by Gasteiger charge is -2.06. The van der Waals surface area contributed by atoms with Crippen LogP contribution in [0.25, 0.3) is 22.8 Å². The van der Waals surface area contributed by atoms with Crippen LogP contribution in [-0.4, -0.2) is 36.4 Å². The molecule has 0 unspecified atom stereocenters. The van der Waals surface area contributed by atoms with Crippen LogP contribution >= 0.6 is 0 Å². The van der Waals surface area contributed by atoms with Gasteiger partial charge in [0.25, 0.3) is 11.4 Å². The third-order valence-corrected chi connectivity index (χ3v) is 4.30. The van der Waals surface area contributed by atoms with E-state index in [4.69, 9.17) is 14.4 Å². The third-order valence-electron chi connectivity index (χ3n) is 4.30. The van der Waals surface area contributed by atoms with Crippen molar-refractivity contribution in [1.82, 2.24) is 24.7 Å². The third kappa shape index (κ3) is 3.89. The van der Waals surface area contributed by atoms with E-state index in [2.05, 4.69) is 20.1 Å². The molecule has 0 bridgehead atoms. The van der Waals surface area contributed by atoms with E-state index in [0.717, 1.165) is 5.56 Å². The van der Waals surface area contributed by atoms with E-state index in [-0.39, 0.29) is 30.4 Å². The smallest absolute Gasteiger partial charge is 0.328 e. The van der Waals surface area contributed by atoms with Gasteiger partial charge in [0, 0.05) is 23.5 Å². The Morgan fingerprint density at radius 2 is 2.00 bits per heavy atom. The summed E-state index contributed by atoms with van der Waals surface area (Å²) in [7, 11) is 0. The first-order valence-electron chi connectivity index (χ1n) is 9.04. The highest BCUT2D eigenvalue weighted by molar-refractivity contribution is 5.59. The molecule has 152 valence electrons. The Kier molecular flexibility index (Phi) is 5.22. The van der Waals surface area contributed by atoms with E-state index in [1.54, 1.807) is 30.5 Å². The number of nitrogens with one attached hydrogen (secondary N) is 1. The minimum absolute atomic E-state index is 0.0300. The molecule has 0 atom stereocenters. The molecular formula is C20H17N5O5. The highest BCUT2D eigenvalue weighted by Crippen LogP contribution is 2.26. The maximum absolute atomic E-state index is 12.1. The first-order valence-corrected chi connectivity index (χ1v) is 9.04. The lowest BCUT2D eigenvalue weighted by atomic mass is 10.2. The predicted molar refractivity (Wildman–Crippen MR) is 106 cm³/mol. The molecule has 0 aliphatic heterocycles. The monoisotopic (exact) mass is 407 g/mol. The number of aryl methyl sites for hydroxylation is 1. The van der Waals surface area contributed by atoms with Crippen molar-refractivity contribution in [3.8, 4) is 34.5 Å². The summed E-state index contributed by atoms with van der Waals surface area (Å²) in [5.41, 5.74) is 0.328. The number of hydrogen-bond donors (Lipinski definition) is 2. The molecule has 30 heavy (non-hydrogen) atoms. The maximum Gasteiger partial charge on any atom is 0.328 e. The van der Waals surface area contributed by atoms with Crippen molar-refractivity contribution in [3.05, 3.63) is 75.2 Å². The van der Waals surface area contributed by atoms with Gasteiger partial charge in [-0.2, -0.15) is 4.98 Å². The molecular weight excluding hydrogens is 390 g/mol. The molecule has 3 aromatic heterocycles. The van der Waals surface area contributed by atoms with Crippen LogP contribution < -0.4 is 16.0 Å². The van der Waals surface area contributed by atoms with Crippen molar-refractivity contribution in [2.75, 3.05) is 6.61 Å². The summed E-state index contributed by atoms with van der Waals surface area (Å²) < 4.78 is 12.2. The van der Waals surface area contributed by atoms with E-state index < -0.39 is 11.2 Å². The van der Waals surface area contributed by atoms with Gasteiger partial charge in [-0.05, 0) is 37.3 Å². The van der Waals surface area contributed by atoms with Crippen LogP contribution in [0.4, 0.5) is 0 Å². The fourth-order valence-corrected chi connectivity index (χ4v) is 2.75. The number of aliphatic hydroxyl groups is 1. The standard InChI is InChI=1S/C20H17N5O5/c1-12-3-2-8-21-18(12)29-14-6-4-13(5-7-14)19-22-16(24-30-19)15-11-25(9-10-26)20(28)23-17(15)27/h2-8,11,26H,9-10H2,1H3,(H,23,27,28). The summed E-state index contributed by atoms with van der Waals surface area (Å²) in [5, 5.41) is 12.9. The number of pyridine rings is 1. The van der Waals surface area contributed by atoms with Gasteiger partial charge in [-0.3, -0.25) is 14.3 Å². The molecule has 3 heterocycles. The molecule has 0 saturated carbocycles. The number of rotatable bonds is 6. The summed E-state index contributed by atoms with van der Waals surface area (Å²) in [6.45, 7) is 1.68. The van der Waals surface area contributed by atoms with E-state index in [9.17, 15) is 9.59 Å². The molecule has 0 aliphatic carbocycles. The quantitative estimate of drug-likeness (QED) is 0.493. The Hall–Kier alpha value is -4.05. The zero-order valence-corrected chi connectivity index (χ0v) is 15.9. The van der Waals surface area contributed by atoms with Crippen LogP contribution in [0.3, 0.4) is 0 Å². The lowest BCUT2D eigenvalue weighted by molar-refractivity contribution is 0.273. The molecule has 4 aromatic rings. The maximum atomic E-state index is 12.1. The van der Waals surface area contributed by atoms with Gasteiger partial charge < -0.3 is 14.4 Å². The molecule has 0 saturated heterocycles. The van der Waals surface area contributed by atoms with Gasteiger partial charge in [-0.25, -0.2) is 9.78 Å². The first kappa shape index (κ1) is 19.3. The SMILES string of the molecule is Cc1cccnc1Oc1ccc(-c2nc(-c3cn(CCO)c(=O)[nH]c3=O)no2)cc1. The second kappa shape index (κ2) is 8.13. The first-order chi connectivity index (χ1) is 14.5. The summed E-state index contributed by atoms with van der Waals surface area (Å²) >= 11 is 0. The number of benzene rings is 1. The lowest BCUT2D eigenvalue weighted by Crippen LogP contribution is -2.31. The second-order valence-corrected chi connectivity index (χ2v) is 6.39. The van der Waals surface area contributed by atoms with Gasteiger partial charge in [0.1, 0.15) is 11.3 Å². The molecule has 0 spiro atoms. The van der Waals surface area contributed by atoms with E-state index in [1.807, 2.05) is 19.1 Å². The second-order valence-electron chi connectivity index (χ2n) is 6.39. The molecule has 2 N–H and O–H groups in total. The van der Waals surface area contributed by atoms with Gasteiger partial charge in [0.15, 0.2) is 0 Å². The van der Waals surface area contributed by atoms with E-state index >= 15 is 0 Å². The average molecular weight is 407 g/mol. The van der Waals surface area contributed by atoms with Crippen molar-refractivity contribution < 1.29 is 14.4 Å². The fourth-order valence-electron chi connectivity index (χ4n) is 2.75. The highest BCUT2D eigenvalue weighted by atomic mass is 16.5. The molecule has 10 heteroatoms. The van der Waals surface area contributed by atoms with Crippen LogP contribution in [0.1, 0.15) is 5.56 Å². The van der Waals surface area contributed by atoms with Gasteiger partial charge >= 0.3 is 5.69 Å². The van der Waals surface area contributed by atoms with Crippen molar-refractivity contribution in [1.29, 1.82) is 0 Å². The van der Waals surface area contributed by atoms with E-state index in [0.29, 0.717) is 17.2 Å². The number of aliphatic hydroxyl groups excluding tert-OH is 1. The number of ether oxygens (including phenoxy) is 1. The molecule has 0 aliphatic rings. The average Bonchev–Trinajstić information content (AvgIpc) is 3.22. The number of nitrogens with zero attached hydrogens (tertiary/aromatic N) is 4. The van der Waals surface area contributed by atoms with Crippen molar-refractivity contribution >= 4 is 0 Å². The van der Waals surface area contributed by atoms with Crippen molar-refractivity contribution in [2.45, 2.75) is 13.5 Å². The normalized spacial score (nSPS) is 10.9. The Labute approximate surface area is 169 Å². The summed E-state index contributed by atoms with van der Waals surface area (Å²) in [6, 6.07) is 10.7. The Bertz CT molecular complexity index is 1290. The molecule has 4 rings (SSSR count). The summed E-state index contributed by atoms with van der Waals surface area (Å²) in [4.78, 5) is 34.5. The minimum atomic E-state index is -0.643. The van der Waals surface area contributed by atoms with Crippen LogP contribution in [0, 0.1) is 6.92 Å². The molecule has 0 fully saturated rings. The van der Waals surface area contributed by atoms with Crippen LogP contribution in [0.5, 0.6) is 11.6 Å². The number of H-pyrrole nitrogens is 1. The van der Waals surface area contributed by atoms with Gasteiger partial charge in [0.05, 0.1) is 13.2 Å². The number of aromatic nitrogens is 5. The fraction of sp³-hybridized carbons (Fsp3) is 0.150. The summed E-state index contributed by atoms with van der Waals surface area (Å²) in [6.07, 6.45) is 2.94. The predicted octanol–water partition coefficient (Wildman–Crippen LogP) is 1.74. The van der Waals surface area contributed by atoms with Gasteiger partial charge in [0.2, 0.25) is 11.7 Å². The zero-order chi connectivity index (χ0) is 21.1. The molecule has 10 nitrogen and oxygen atoms in total. The topological polar surface area (TPSA) is 136 Å². The van der Waals surface area contributed by atoms with Gasteiger partial charge in [-0.15, -0.1) is 0 Å². The Morgan fingerprint density at radius 3 is 2.73 bits per heavy atom. The molecule has 0 amide bonds. The van der Waals surface area contributed by atoms with Crippen LogP contribution in [0.15, 0.2) is 62.9 Å². The van der Waals surface area contributed by atoms with Crippen molar-refractivity contribution in [3.63, 3.8) is 0 Å². The number of aromatic amines is 1. The van der Waals surface area contributed by atoms with Crippen molar-refractivity contribution in [2.24, 2.45) is 0 Å². The summed E-state index contributed by atoms with van der Waals surface area (Å²) in [5.74, 6) is 1.34. The Morgan fingerprint density at radius 1 is 1.20 bits per heavy atom.